The highest BCUT2D eigenvalue weighted by Crippen LogP contribution is 2.17. The van der Waals surface area contributed by atoms with Crippen molar-refractivity contribution in [2.24, 2.45) is 5.84 Å². The summed E-state index contributed by atoms with van der Waals surface area (Å²) in [5.41, 5.74) is 4.23. The summed E-state index contributed by atoms with van der Waals surface area (Å²) in [4.78, 5) is 27.1. The summed E-state index contributed by atoms with van der Waals surface area (Å²) < 4.78 is 0. The number of rotatable bonds is 4. The summed E-state index contributed by atoms with van der Waals surface area (Å²) >= 11 is 0. The molecule has 0 saturated carbocycles. The van der Waals surface area contributed by atoms with E-state index in [1.165, 1.54) is 0 Å². The second-order valence-electron chi connectivity index (χ2n) is 5.50. The van der Waals surface area contributed by atoms with Gasteiger partial charge in [0.15, 0.2) is 0 Å². The van der Waals surface area contributed by atoms with Gasteiger partial charge in [-0.3, -0.25) is 19.9 Å². The molecule has 6 heteroatoms. The van der Waals surface area contributed by atoms with Crippen LogP contribution in [0.2, 0.25) is 0 Å². The predicted octanol–water partition coefficient (Wildman–Crippen LogP) is 0.0540. The molecule has 1 saturated heterocycles. The predicted molar refractivity (Wildman–Crippen MR) is 80.1 cm³/mol. The molecule has 21 heavy (non-hydrogen) atoms. The van der Waals surface area contributed by atoms with E-state index in [4.69, 9.17) is 5.84 Å². The Hall–Kier alpha value is -1.92. The van der Waals surface area contributed by atoms with Crippen LogP contribution in [-0.4, -0.2) is 48.3 Å². The number of nitrogens with zero attached hydrogens (tertiary/aromatic N) is 2. The van der Waals surface area contributed by atoms with Crippen LogP contribution in [0.4, 0.5) is 0 Å². The molecule has 1 aromatic carbocycles. The monoisotopic (exact) mass is 290 g/mol. The number of likely N-dealkylation sites (N-methyl/N-ethyl adjacent to an activating group) is 1. The van der Waals surface area contributed by atoms with E-state index in [0.717, 1.165) is 30.8 Å². The van der Waals surface area contributed by atoms with Crippen molar-refractivity contribution in [1.29, 1.82) is 0 Å². The van der Waals surface area contributed by atoms with Crippen LogP contribution in [0.3, 0.4) is 0 Å². The minimum atomic E-state index is -0.269. The zero-order valence-electron chi connectivity index (χ0n) is 12.5. The van der Waals surface area contributed by atoms with Crippen LogP contribution in [0.5, 0.6) is 0 Å². The number of carbonyl (C=O) groups is 2. The standard InChI is InChI=1S/C15H22N4O2/c1-11(15(21)17-16)13-5-3-12(4-6-13)9-19-8-7-18(2)14(20)10-19/h3-6,11H,7-10,16H2,1-2H3,(H,17,21). The smallest absolute Gasteiger partial charge is 0.241 e. The van der Waals surface area contributed by atoms with E-state index in [-0.39, 0.29) is 17.7 Å². The van der Waals surface area contributed by atoms with Crippen LogP contribution >= 0.6 is 0 Å². The van der Waals surface area contributed by atoms with E-state index in [0.29, 0.717) is 6.54 Å². The van der Waals surface area contributed by atoms with Crippen molar-refractivity contribution in [2.45, 2.75) is 19.4 Å². The van der Waals surface area contributed by atoms with Gasteiger partial charge in [0.05, 0.1) is 12.5 Å². The number of nitrogens with one attached hydrogen (secondary N) is 1. The second-order valence-corrected chi connectivity index (χ2v) is 5.50. The fourth-order valence-electron chi connectivity index (χ4n) is 2.39. The number of carbonyl (C=O) groups excluding carboxylic acids is 2. The van der Waals surface area contributed by atoms with Crippen molar-refractivity contribution in [3.8, 4) is 0 Å². The molecule has 1 heterocycles. The summed E-state index contributed by atoms with van der Waals surface area (Å²) in [6.45, 7) is 4.68. The third kappa shape index (κ3) is 3.80. The molecule has 1 fully saturated rings. The molecule has 0 bridgehead atoms. The maximum Gasteiger partial charge on any atom is 0.241 e. The molecule has 1 aliphatic heterocycles. The van der Waals surface area contributed by atoms with Gasteiger partial charge in [0.25, 0.3) is 0 Å². The average Bonchev–Trinajstić information content (AvgIpc) is 2.50. The molecule has 2 amide bonds. The first-order chi connectivity index (χ1) is 10.0. The van der Waals surface area contributed by atoms with Crippen molar-refractivity contribution in [2.75, 3.05) is 26.7 Å². The van der Waals surface area contributed by atoms with Crippen LogP contribution < -0.4 is 11.3 Å². The second kappa shape index (κ2) is 6.69. The molecular weight excluding hydrogens is 268 g/mol. The number of benzene rings is 1. The lowest BCUT2D eigenvalue weighted by atomic mass is 9.99. The Morgan fingerprint density at radius 3 is 2.57 bits per heavy atom. The van der Waals surface area contributed by atoms with Gasteiger partial charge in [0.1, 0.15) is 0 Å². The number of piperazine rings is 1. The highest BCUT2D eigenvalue weighted by Gasteiger charge is 2.21. The van der Waals surface area contributed by atoms with Crippen molar-refractivity contribution >= 4 is 11.8 Å². The third-order valence-corrected chi connectivity index (χ3v) is 3.96. The van der Waals surface area contributed by atoms with Crippen molar-refractivity contribution in [3.05, 3.63) is 35.4 Å². The molecule has 1 unspecified atom stereocenters. The van der Waals surface area contributed by atoms with E-state index in [9.17, 15) is 9.59 Å². The van der Waals surface area contributed by atoms with Crippen LogP contribution in [0.15, 0.2) is 24.3 Å². The number of hydrogen-bond donors (Lipinski definition) is 2. The molecule has 6 nitrogen and oxygen atoms in total. The van der Waals surface area contributed by atoms with Gasteiger partial charge >= 0.3 is 0 Å². The van der Waals surface area contributed by atoms with Crippen molar-refractivity contribution < 1.29 is 9.59 Å². The SMILES string of the molecule is CC(C(=O)NN)c1ccc(CN2CCN(C)C(=O)C2)cc1. The summed E-state index contributed by atoms with van der Waals surface area (Å²) in [6.07, 6.45) is 0. The molecule has 0 radical (unpaired) electrons. The normalized spacial score (nSPS) is 17.7. The van der Waals surface area contributed by atoms with Gasteiger partial charge < -0.3 is 4.90 Å². The first-order valence-electron chi connectivity index (χ1n) is 7.07. The van der Waals surface area contributed by atoms with Gasteiger partial charge in [-0.25, -0.2) is 5.84 Å². The Labute approximate surface area is 124 Å². The molecule has 0 spiro atoms. The summed E-state index contributed by atoms with van der Waals surface area (Å²) in [6, 6.07) is 7.87. The zero-order chi connectivity index (χ0) is 15.4. The molecule has 1 aromatic rings. The van der Waals surface area contributed by atoms with Crippen LogP contribution in [0.25, 0.3) is 0 Å². The van der Waals surface area contributed by atoms with Gasteiger partial charge in [-0.1, -0.05) is 24.3 Å². The highest BCUT2D eigenvalue weighted by atomic mass is 16.2. The molecule has 0 aromatic heterocycles. The first-order valence-corrected chi connectivity index (χ1v) is 7.07. The fraction of sp³-hybridized carbons (Fsp3) is 0.467. The fourth-order valence-corrected chi connectivity index (χ4v) is 2.39. The van der Waals surface area contributed by atoms with Crippen LogP contribution in [0.1, 0.15) is 24.0 Å². The minimum absolute atomic E-state index is 0.158. The van der Waals surface area contributed by atoms with Crippen molar-refractivity contribution in [1.82, 2.24) is 15.2 Å². The Bertz CT molecular complexity index is 515. The van der Waals surface area contributed by atoms with E-state index in [1.807, 2.05) is 38.2 Å². The van der Waals surface area contributed by atoms with Gasteiger partial charge in [0, 0.05) is 26.7 Å². The first kappa shape index (κ1) is 15.5. The molecule has 1 atom stereocenters. The Morgan fingerprint density at radius 2 is 2.00 bits per heavy atom. The van der Waals surface area contributed by atoms with Crippen LogP contribution in [0, 0.1) is 0 Å². The molecule has 2 rings (SSSR count). The molecule has 1 aliphatic rings. The molecular formula is C15H22N4O2. The Morgan fingerprint density at radius 1 is 1.33 bits per heavy atom. The third-order valence-electron chi connectivity index (χ3n) is 3.96. The van der Waals surface area contributed by atoms with Gasteiger partial charge in [-0.2, -0.15) is 0 Å². The van der Waals surface area contributed by atoms with Gasteiger partial charge in [-0.05, 0) is 18.1 Å². The largest absolute Gasteiger partial charge is 0.343 e. The number of hydrogen-bond acceptors (Lipinski definition) is 4. The summed E-state index contributed by atoms with van der Waals surface area (Å²) in [7, 11) is 1.83. The number of amides is 2. The topological polar surface area (TPSA) is 78.7 Å². The molecule has 114 valence electrons. The van der Waals surface area contributed by atoms with E-state index in [2.05, 4.69) is 10.3 Å². The lowest BCUT2D eigenvalue weighted by Crippen LogP contribution is -2.47. The quantitative estimate of drug-likeness (QED) is 0.467. The Balaban J connectivity index is 1.96. The van der Waals surface area contributed by atoms with E-state index < -0.39 is 0 Å². The summed E-state index contributed by atoms with van der Waals surface area (Å²) in [5, 5.41) is 0. The Kier molecular flexibility index (Phi) is 4.93. The lowest BCUT2D eigenvalue weighted by Gasteiger charge is -2.31. The average molecular weight is 290 g/mol. The molecule has 0 aliphatic carbocycles. The number of nitrogens with two attached hydrogens (primary N) is 1. The lowest BCUT2D eigenvalue weighted by molar-refractivity contribution is -0.134. The maximum absolute atomic E-state index is 11.7. The van der Waals surface area contributed by atoms with Gasteiger partial charge in [0.2, 0.25) is 11.8 Å². The molecule has 3 N–H and O–H groups in total. The minimum Gasteiger partial charge on any atom is -0.343 e. The maximum atomic E-state index is 11.7. The van der Waals surface area contributed by atoms with E-state index >= 15 is 0 Å². The van der Waals surface area contributed by atoms with Crippen molar-refractivity contribution in [3.63, 3.8) is 0 Å². The van der Waals surface area contributed by atoms with E-state index in [1.54, 1.807) is 4.90 Å². The number of hydrazine groups is 1. The highest BCUT2D eigenvalue weighted by molar-refractivity contribution is 5.82. The van der Waals surface area contributed by atoms with Gasteiger partial charge in [-0.15, -0.1) is 0 Å². The van der Waals surface area contributed by atoms with Crippen LogP contribution in [-0.2, 0) is 16.1 Å². The zero-order valence-corrected chi connectivity index (χ0v) is 12.5. The summed E-state index contributed by atoms with van der Waals surface area (Å²) in [5.74, 6) is 4.83.